The second kappa shape index (κ2) is 7.75. The molecule has 0 amide bonds. The Morgan fingerprint density at radius 3 is 2.71 bits per heavy atom. The SMILES string of the molecule is CCOOC(=O)CCc1ccc(-c2cnc(NC)s2)cc1. The maximum atomic E-state index is 11.3. The summed E-state index contributed by atoms with van der Waals surface area (Å²) >= 11 is 1.61. The first-order valence-corrected chi connectivity index (χ1v) is 7.59. The van der Waals surface area contributed by atoms with Gasteiger partial charge in [0.05, 0.1) is 17.9 Å². The molecule has 112 valence electrons. The lowest BCUT2D eigenvalue weighted by molar-refractivity contribution is -0.269. The largest absolute Gasteiger partial charge is 0.365 e. The van der Waals surface area contributed by atoms with Crippen LogP contribution in [-0.4, -0.2) is 24.6 Å². The minimum atomic E-state index is -0.345. The molecule has 0 unspecified atom stereocenters. The molecule has 0 fully saturated rings. The number of hydrogen-bond acceptors (Lipinski definition) is 6. The predicted molar refractivity (Wildman–Crippen MR) is 83.1 cm³/mol. The molecule has 0 bridgehead atoms. The van der Waals surface area contributed by atoms with Crippen LogP contribution in [0.15, 0.2) is 30.5 Å². The molecule has 0 radical (unpaired) electrons. The van der Waals surface area contributed by atoms with Gasteiger partial charge in [-0.3, -0.25) is 4.89 Å². The van der Waals surface area contributed by atoms with Gasteiger partial charge >= 0.3 is 5.97 Å². The Balaban J connectivity index is 1.91. The summed E-state index contributed by atoms with van der Waals surface area (Å²) in [6.45, 7) is 2.13. The average molecular weight is 306 g/mol. The van der Waals surface area contributed by atoms with Crippen molar-refractivity contribution < 1.29 is 14.6 Å². The van der Waals surface area contributed by atoms with Crippen LogP contribution in [0.5, 0.6) is 0 Å². The molecule has 2 rings (SSSR count). The number of nitrogens with zero attached hydrogens (tertiary/aromatic N) is 1. The monoisotopic (exact) mass is 306 g/mol. The van der Waals surface area contributed by atoms with Crippen LogP contribution in [0.4, 0.5) is 5.13 Å². The first kappa shape index (κ1) is 15.5. The van der Waals surface area contributed by atoms with Crippen LogP contribution < -0.4 is 5.32 Å². The van der Waals surface area contributed by atoms with E-state index in [2.05, 4.69) is 20.1 Å². The van der Waals surface area contributed by atoms with Gasteiger partial charge in [0.1, 0.15) is 0 Å². The van der Waals surface area contributed by atoms with Gasteiger partial charge < -0.3 is 5.32 Å². The van der Waals surface area contributed by atoms with Crippen molar-refractivity contribution in [3.8, 4) is 10.4 Å². The number of carbonyl (C=O) groups is 1. The number of anilines is 1. The van der Waals surface area contributed by atoms with Crippen LogP contribution in [0.3, 0.4) is 0 Å². The highest BCUT2D eigenvalue weighted by atomic mass is 32.1. The van der Waals surface area contributed by atoms with E-state index in [1.807, 2.05) is 37.5 Å². The van der Waals surface area contributed by atoms with Crippen LogP contribution >= 0.6 is 11.3 Å². The van der Waals surface area contributed by atoms with Crippen molar-refractivity contribution in [2.24, 2.45) is 0 Å². The Hall–Kier alpha value is -1.92. The molecule has 1 heterocycles. The topological polar surface area (TPSA) is 60.5 Å². The third-order valence-electron chi connectivity index (χ3n) is 2.85. The molecule has 1 N–H and O–H groups in total. The highest BCUT2D eigenvalue weighted by Crippen LogP contribution is 2.28. The van der Waals surface area contributed by atoms with Gasteiger partial charge in [-0.2, -0.15) is 4.89 Å². The zero-order chi connectivity index (χ0) is 15.1. The van der Waals surface area contributed by atoms with Crippen LogP contribution in [0.2, 0.25) is 0 Å². The molecule has 0 saturated carbocycles. The van der Waals surface area contributed by atoms with E-state index >= 15 is 0 Å². The van der Waals surface area contributed by atoms with Crippen molar-refractivity contribution in [2.75, 3.05) is 19.0 Å². The molecule has 0 atom stereocenters. The number of carbonyl (C=O) groups excluding carboxylic acids is 1. The molecule has 0 spiro atoms. The van der Waals surface area contributed by atoms with Gasteiger partial charge in [-0.15, -0.1) is 0 Å². The summed E-state index contributed by atoms with van der Waals surface area (Å²) in [7, 11) is 1.85. The second-order valence-electron chi connectivity index (χ2n) is 4.34. The van der Waals surface area contributed by atoms with Crippen LogP contribution in [0, 0.1) is 0 Å². The van der Waals surface area contributed by atoms with Crippen LogP contribution in [-0.2, 0) is 21.0 Å². The van der Waals surface area contributed by atoms with Crippen molar-refractivity contribution in [3.63, 3.8) is 0 Å². The van der Waals surface area contributed by atoms with E-state index in [1.54, 1.807) is 18.3 Å². The number of benzene rings is 1. The Kier molecular flexibility index (Phi) is 5.71. The number of hydrogen-bond donors (Lipinski definition) is 1. The normalized spacial score (nSPS) is 10.4. The minimum absolute atomic E-state index is 0.309. The summed E-state index contributed by atoms with van der Waals surface area (Å²) in [6, 6.07) is 8.11. The molecular formula is C15H18N2O3S. The van der Waals surface area contributed by atoms with Crippen molar-refractivity contribution in [1.29, 1.82) is 0 Å². The van der Waals surface area contributed by atoms with Crippen molar-refractivity contribution in [2.45, 2.75) is 19.8 Å². The Morgan fingerprint density at radius 1 is 1.33 bits per heavy atom. The quantitative estimate of drug-likeness (QED) is 0.628. The summed E-state index contributed by atoms with van der Waals surface area (Å²) in [5, 5.41) is 3.92. The predicted octanol–water partition coefficient (Wildman–Crippen LogP) is 3.28. The zero-order valence-electron chi connectivity index (χ0n) is 12.1. The molecule has 21 heavy (non-hydrogen) atoms. The van der Waals surface area contributed by atoms with Gasteiger partial charge in [-0.05, 0) is 24.5 Å². The van der Waals surface area contributed by atoms with E-state index in [0.717, 1.165) is 21.1 Å². The van der Waals surface area contributed by atoms with E-state index in [1.165, 1.54) is 0 Å². The summed E-state index contributed by atoms with van der Waals surface area (Å²) in [4.78, 5) is 25.9. The molecule has 0 aliphatic rings. The molecule has 2 aromatic rings. The van der Waals surface area contributed by atoms with Crippen LogP contribution in [0.1, 0.15) is 18.9 Å². The lowest BCUT2D eigenvalue weighted by Crippen LogP contribution is -2.06. The van der Waals surface area contributed by atoms with Crippen molar-refractivity contribution in [3.05, 3.63) is 36.0 Å². The van der Waals surface area contributed by atoms with E-state index in [0.29, 0.717) is 19.4 Å². The first-order valence-electron chi connectivity index (χ1n) is 6.78. The Bertz CT molecular complexity index is 581. The minimum Gasteiger partial charge on any atom is -0.365 e. The van der Waals surface area contributed by atoms with Gasteiger partial charge in [0, 0.05) is 13.2 Å². The second-order valence-corrected chi connectivity index (χ2v) is 5.37. The summed E-state index contributed by atoms with van der Waals surface area (Å²) in [5.41, 5.74) is 2.21. The van der Waals surface area contributed by atoms with Crippen molar-refractivity contribution in [1.82, 2.24) is 4.98 Å². The highest BCUT2D eigenvalue weighted by molar-refractivity contribution is 7.18. The molecule has 0 aliphatic carbocycles. The fraction of sp³-hybridized carbons (Fsp3) is 0.333. The van der Waals surface area contributed by atoms with E-state index in [4.69, 9.17) is 0 Å². The fourth-order valence-electron chi connectivity index (χ4n) is 1.77. The molecule has 5 nitrogen and oxygen atoms in total. The molecular weight excluding hydrogens is 288 g/mol. The summed E-state index contributed by atoms with van der Waals surface area (Å²) < 4.78 is 0. The van der Waals surface area contributed by atoms with Gasteiger partial charge in [0.15, 0.2) is 5.13 Å². The Labute approximate surface area is 127 Å². The summed E-state index contributed by atoms with van der Waals surface area (Å²) in [6.07, 6.45) is 2.80. The average Bonchev–Trinajstić information content (AvgIpc) is 3.00. The number of rotatable bonds is 7. The van der Waals surface area contributed by atoms with E-state index < -0.39 is 0 Å². The fourth-order valence-corrected chi connectivity index (χ4v) is 2.55. The number of aryl methyl sites for hydroxylation is 1. The lowest BCUT2D eigenvalue weighted by atomic mass is 10.1. The molecule has 0 aliphatic heterocycles. The molecule has 0 saturated heterocycles. The third-order valence-corrected chi connectivity index (χ3v) is 3.91. The van der Waals surface area contributed by atoms with Crippen molar-refractivity contribution >= 4 is 22.4 Å². The smallest absolute Gasteiger partial charge is 0.342 e. The summed E-state index contributed by atoms with van der Waals surface area (Å²) in [5.74, 6) is -0.345. The van der Waals surface area contributed by atoms with E-state index in [9.17, 15) is 4.79 Å². The van der Waals surface area contributed by atoms with Gasteiger partial charge in [0.2, 0.25) is 0 Å². The molecule has 1 aromatic heterocycles. The molecule has 1 aromatic carbocycles. The van der Waals surface area contributed by atoms with Crippen LogP contribution in [0.25, 0.3) is 10.4 Å². The Morgan fingerprint density at radius 2 is 2.10 bits per heavy atom. The lowest BCUT2D eigenvalue weighted by Gasteiger charge is -2.03. The highest BCUT2D eigenvalue weighted by Gasteiger charge is 2.06. The van der Waals surface area contributed by atoms with Gasteiger partial charge in [-0.25, -0.2) is 9.78 Å². The zero-order valence-corrected chi connectivity index (χ0v) is 12.9. The first-order chi connectivity index (χ1) is 10.2. The number of nitrogens with one attached hydrogen (secondary N) is 1. The number of thiazole rings is 1. The maximum absolute atomic E-state index is 11.3. The maximum Gasteiger partial charge on any atom is 0.342 e. The number of aromatic nitrogens is 1. The van der Waals surface area contributed by atoms with Gasteiger partial charge in [-0.1, -0.05) is 35.6 Å². The standard InChI is InChI=1S/C15H18N2O3S/c1-3-19-20-14(18)9-6-11-4-7-12(8-5-11)13-10-17-15(16-2)21-13/h4-5,7-8,10H,3,6,9H2,1-2H3,(H,16,17). The molecule has 6 heteroatoms. The van der Waals surface area contributed by atoms with E-state index in [-0.39, 0.29) is 5.97 Å². The van der Waals surface area contributed by atoms with Gasteiger partial charge in [0.25, 0.3) is 0 Å². The third kappa shape index (κ3) is 4.54.